The van der Waals surface area contributed by atoms with Crippen LogP contribution in [0.3, 0.4) is 0 Å². The zero-order valence-electron chi connectivity index (χ0n) is 10.6. The highest BCUT2D eigenvalue weighted by Gasteiger charge is 2.22. The van der Waals surface area contributed by atoms with E-state index in [1.54, 1.807) is 0 Å². The molecule has 0 aromatic heterocycles. The summed E-state index contributed by atoms with van der Waals surface area (Å²) in [6, 6.07) is 0.520. The molecule has 0 amide bonds. The molecule has 0 saturated carbocycles. The van der Waals surface area contributed by atoms with Crippen LogP contribution in [0.2, 0.25) is 0 Å². The summed E-state index contributed by atoms with van der Waals surface area (Å²) in [6.07, 6.45) is 0.851. The number of hydrogen-bond acceptors (Lipinski definition) is 2. The molecule has 14 heavy (non-hydrogen) atoms. The molecule has 0 spiro atoms. The molecule has 0 heterocycles. The lowest BCUT2D eigenvalue weighted by Gasteiger charge is -2.29. The van der Waals surface area contributed by atoms with E-state index < -0.39 is 0 Å². The highest BCUT2D eigenvalue weighted by atomic mass is 16.3. The van der Waals surface area contributed by atoms with E-state index in [9.17, 15) is 5.11 Å². The summed E-state index contributed by atoms with van der Waals surface area (Å²) in [5, 5.41) is 13.3. The predicted molar refractivity (Wildman–Crippen MR) is 62.4 cm³/mol. The zero-order chi connectivity index (χ0) is 11.4. The van der Waals surface area contributed by atoms with Gasteiger partial charge in [0, 0.05) is 12.6 Å². The Balaban J connectivity index is 3.92. The Morgan fingerprint density at radius 2 is 1.71 bits per heavy atom. The Morgan fingerprint density at radius 1 is 1.21 bits per heavy atom. The molecule has 0 aromatic rings. The molecule has 2 atom stereocenters. The van der Waals surface area contributed by atoms with Crippen molar-refractivity contribution in [1.82, 2.24) is 5.32 Å². The second-order valence-electron chi connectivity index (χ2n) is 5.55. The molecule has 0 fully saturated rings. The summed E-state index contributed by atoms with van der Waals surface area (Å²) in [6.45, 7) is 13.5. The summed E-state index contributed by atoms with van der Waals surface area (Å²) in [5.74, 6) is 0.632. The fourth-order valence-electron chi connectivity index (χ4n) is 1.42. The number of aliphatic hydroxyl groups is 1. The first-order chi connectivity index (χ1) is 6.29. The molecule has 0 saturated heterocycles. The molecule has 86 valence electrons. The third kappa shape index (κ3) is 4.97. The third-order valence-electron chi connectivity index (χ3n) is 2.82. The van der Waals surface area contributed by atoms with Gasteiger partial charge in [-0.3, -0.25) is 0 Å². The van der Waals surface area contributed by atoms with Gasteiger partial charge < -0.3 is 10.4 Å². The second kappa shape index (κ2) is 5.72. The van der Waals surface area contributed by atoms with Crippen LogP contribution in [-0.2, 0) is 0 Å². The van der Waals surface area contributed by atoms with E-state index in [4.69, 9.17) is 0 Å². The summed E-state index contributed by atoms with van der Waals surface area (Å²) < 4.78 is 0. The van der Waals surface area contributed by atoms with Crippen LogP contribution in [0.1, 0.15) is 48.0 Å². The maximum Gasteiger partial charge on any atom is 0.0712 e. The molecule has 2 nitrogen and oxygen atoms in total. The average molecular weight is 201 g/mol. The van der Waals surface area contributed by atoms with Gasteiger partial charge in [-0.15, -0.1) is 0 Å². The van der Waals surface area contributed by atoms with Crippen LogP contribution >= 0.6 is 0 Å². The van der Waals surface area contributed by atoms with E-state index >= 15 is 0 Å². The van der Waals surface area contributed by atoms with Crippen LogP contribution in [0.5, 0.6) is 0 Å². The first-order valence-electron chi connectivity index (χ1n) is 5.70. The Hall–Kier alpha value is -0.0800. The largest absolute Gasteiger partial charge is 0.391 e. The van der Waals surface area contributed by atoms with Gasteiger partial charge in [-0.2, -0.15) is 0 Å². The minimum atomic E-state index is -0.268. The number of nitrogens with one attached hydrogen (secondary N) is 1. The van der Waals surface area contributed by atoms with Crippen molar-refractivity contribution in [3.05, 3.63) is 0 Å². The SMILES string of the molecule is CCC(NCC(O)C(C)(C)C)C(C)C. The van der Waals surface area contributed by atoms with Gasteiger partial charge in [-0.25, -0.2) is 0 Å². The van der Waals surface area contributed by atoms with Crippen molar-refractivity contribution in [2.75, 3.05) is 6.54 Å². The topological polar surface area (TPSA) is 32.3 Å². The smallest absolute Gasteiger partial charge is 0.0712 e. The van der Waals surface area contributed by atoms with E-state index in [1.807, 2.05) is 0 Å². The van der Waals surface area contributed by atoms with Gasteiger partial charge in [0.25, 0.3) is 0 Å². The monoisotopic (exact) mass is 201 g/mol. The quantitative estimate of drug-likeness (QED) is 0.716. The van der Waals surface area contributed by atoms with E-state index in [-0.39, 0.29) is 11.5 Å². The van der Waals surface area contributed by atoms with E-state index in [1.165, 1.54) is 0 Å². The molecule has 2 N–H and O–H groups in total. The maximum absolute atomic E-state index is 9.85. The van der Waals surface area contributed by atoms with Gasteiger partial charge in [0.2, 0.25) is 0 Å². The molecule has 2 heteroatoms. The maximum atomic E-state index is 9.85. The number of hydrogen-bond donors (Lipinski definition) is 2. The lowest BCUT2D eigenvalue weighted by atomic mass is 9.88. The highest BCUT2D eigenvalue weighted by Crippen LogP contribution is 2.18. The summed E-state index contributed by atoms with van der Waals surface area (Å²) >= 11 is 0. The molecule has 0 aliphatic carbocycles. The average Bonchev–Trinajstić information content (AvgIpc) is 2.02. The van der Waals surface area contributed by atoms with E-state index in [0.717, 1.165) is 6.42 Å². The highest BCUT2D eigenvalue weighted by molar-refractivity contribution is 4.77. The fraction of sp³-hybridized carbons (Fsp3) is 1.00. The van der Waals surface area contributed by atoms with Gasteiger partial charge in [0.15, 0.2) is 0 Å². The first kappa shape index (κ1) is 13.9. The van der Waals surface area contributed by atoms with Crippen molar-refractivity contribution >= 4 is 0 Å². The molecule has 0 aromatic carbocycles. The Morgan fingerprint density at radius 3 is 2.00 bits per heavy atom. The van der Waals surface area contributed by atoms with Crippen molar-refractivity contribution < 1.29 is 5.11 Å². The summed E-state index contributed by atoms with van der Waals surface area (Å²) in [4.78, 5) is 0. The third-order valence-corrected chi connectivity index (χ3v) is 2.82. The molecule has 0 bridgehead atoms. The van der Waals surface area contributed by atoms with Crippen LogP contribution in [0, 0.1) is 11.3 Å². The van der Waals surface area contributed by atoms with E-state index in [0.29, 0.717) is 18.5 Å². The van der Waals surface area contributed by atoms with Gasteiger partial charge in [-0.05, 0) is 17.8 Å². The Bertz CT molecular complexity index is 147. The van der Waals surface area contributed by atoms with Gasteiger partial charge in [0.1, 0.15) is 0 Å². The Kier molecular flexibility index (Phi) is 5.68. The molecule has 0 radical (unpaired) electrons. The van der Waals surface area contributed by atoms with Crippen LogP contribution in [0.4, 0.5) is 0 Å². The number of aliphatic hydroxyl groups excluding tert-OH is 1. The Labute approximate surface area is 89.1 Å². The zero-order valence-corrected chi connectivity index (χ0v) is 10.6. The molecule has 0 aliphatic heterocycles. The summed E-state index contributed by atoms with van der Waals surface area (Å²) in [5.41, 5.74) is -0.0255. The van der Waals surface area contributed by atoms with Crippen LogP contribution in [-0.4, -0.2) is 23.8 Å². The predicted octanol–water partition coefficient (Wildman–Crippen LogP) is 2.42. The van der Waals surface area contributed by atoms with Crippen LogP contribution in [0.25, 0.3) is 0 Å². The van der Waals surface area contributed by atoms with Crippen molar-refractivity contribution in [3.8, 4) is 0 Å². The van der Waals surface area contributed by atoms with E-state index in [2.05, 4.69) is 46.9 Å². The van der Waals surface area contributed by atoms with Crippen LogP contribution in [0.15, 0.2) is 0 Å². The van der Waals surface area contributed by atoms with Crippen molar-refractivity contribution in [1.29, 1.82) is 0 Å². The minimum Gasteiger partial charge on any atom is -0.391 e. The molecule has 2 unspecified atom stereocenters. The molecular weight excluding hydrogens is 174 g/mol. The fourth-order valence-corrected chi connectivity index (χ4v) is 1.42. The molecule has 0 rings (SSSR count). The van der Waals surface area contributed by atoms with Crippen molar-refractivity contribution in [2.45, 2.75) is 60.1 Å². The first-order valence-corrected chi connectivity index (χ1v) is 5.70. The summed E-state index contributed by atoms with van der Waals surface area (Å²) in [7, 11) is 0. The van der Waals surface area contributed by atoms with Gasteiger partial charge >= 0.3 is 0 Å². The lowest BCUT2D eigenvalue weighted by molar-refractivity contribution is 0.0587. The normalized spacial score (nSPS) is 17.1. The minimum absolute atomic E-state index is 0.0255. The molecule has 0 aliphatic rings. The van der Waals surface area contributed by atoms with Gasteiger partial charge in [-0.1, -0.05) is 41.5 Å². The molecular formula is C12H27NO. The lowest BCUT2D eigenvalue weighted by Crippen LogP contribution is -2.42. The second-order valence-corrected chi connectivity index (χ2v) is 5.55. The standard InChI is InChI=1S/C12H27NO/c1-7-10(9(2)3)13-8-11(14)12(4,5)6/h9-11,13-14H,7-8H2,1-6H3. The number of rotatable bonds is 5. The van der Waals surface area contributed by atoms with Crippen molar-refractivity contribution in [3.63, 3.8) is 0 Å². The van der Waals surface area contributed by atoms with Crippen LogP contribution < -0.4 is 5.32 Å². The van der Waals surface area contributed by atoms with Gasteiger partial charge in [0.05, 0.1) is 6.10 Å². The van der Waals surface area contributed by atoms with Crippen molar-refractivity contribution in [2.24, 2.45) is 11.3 Å².